The molecule has 2 N–H and O–H groups in total. The van der Waals surface area contributed by atoms with Crippen molar-refractivity contribution in [2.75, 3.05) is 17.8 Å². The van der Waals surface area contributed by atoms with Crippen LogP contribution in [0.15, 0.2) is 29.4 Å². The lowest BCUT2D eigenvalue weighted by molar-refractivity contribution is 0.319. The minimum atomic E-state index is -3.32. The topological polar surface area (TPSA) is 126 Å². The molecule has 20 heavy (non-hydrogen) atoms. The van der Waals surface area contributed by atoms with Gasteiger partial charge in [0.1, 0.15) is 12.1 Å². The van der Waals surface area contributed by atoms with Crippen LogP contribution in [0.2, 0.25) is 0 Å². The molecule has 8 heteroatoms. The van der Waals surface area contributed by atoms with Gasteiger partial charge in [-0.3, -0.25) is 5.43 Å². The number of rotatable bonds is 6. The Balaban J connectivity index is 2.74. The van der Waals surface area contributed by atoms with Crippen molar-refractivity contribution in [2.45, 2.75) is 5.75 Å². The lowest BCUT2D eigenvalue weighted by Crippen LogP contribution is -2.12. The fourth-order valence-electron chi connectivity index (χ4n) is 1.34. The Kier molecular flexibility index (Phi) is 5.66. The molecule has 0 aliphatic heterocycles. The summed E-state index contributed by atoms with van der Waals surface area (Å²) in [5, 5.41) is 29.2. The van der Waals surface area contributed by atoms with Crippen molar-refractivity contribution in [3.05, 3.63) is 29.8 Å². The molecule has 0 heterocycles. The highest BCUT2D eigenvalue weighted by Gasteiger charge is 2.10. The van der Waals surface area contributed by atoms with Crippen molar-refractivity contribution in [3.63, 3.8) is 0 Å². The van der Waals surface area contributed by atoms with Gasteiger partial charge in [-0.2, -0.15) is 15.6 Å². The van der Waals surface area contributed by atoms with E-state index in [-0.39, 0.29) is 17.2 Å². The SMILES string of the molecule is N#CC(C#N)=NNc1ccc(CS(=O)(=O)CCO)cc1. The van der Waals surface area contributed by atoms with Crippen LogP contribution in [0.4, 0.5) is 5.69 Å². The molecule has 1 aromatic rings. The van der Waals surface area contributed by atoms with Crippen molar-refractivity contribution in [3.8, 4) is 12.1 Å². The molecule has 0 aromatic heterocycles. The van der Waals surface area contributed by atoms with Crippen LogP contribution in [0.3, 0.4) is 0 Å². The fraction of sp³-hybridized carbons (Fsp3) is 0.250. The minimum Gasteiger partial charge on any atom is -0.395 e. The standard InChI is InChI=1S/C12H12N4O3S/c13-7-12(8-14)16-15-11-3-1-10(2-4-11)9-20(18,19)6-5-17/h1-4,15,17H,5-6,9H2. The Labute approximate surface area is 116 Å². The van der Waals surface area contributed by atoms with Gasteiger partial charge in [0.05, 0.1) is 23.8 Å². The maximum atomic E-state index is 11.5. The number of hydrazone groups is 1. The molecule has 0 atom stereocenters. The highest BCUT2D eigenvalue weighted by Crippen LogP contribution is 2.12. The third-order valence-corrected chi connectivity index (χ3v) is 3.83. The van der Waals surface area contributed by atoms with E-state index in [1.807, 2.05) is 0 Å². The zero-order valence-corrected chi connectivity index (χ0v) is 11.3. The first kappa shape index (κ1) is 15.6. The number of nitrogens with one attached hydrogen (secondary N) is 1. The number of nitrogens with zero attached hydrogens (tertiary/aromatic N) is 3. The second kappa shape index (κ2) is 7.24. The van der Waals surface area contributed by atoms with Gasteiger partial charge in [0, 0.05) is 0 Å². The van der Waals surface area contributed by atoms with Gasteiger partial charge in [-0.25, -0.2) is 8.42 Å². The van der Waals surface area contributed by atoms with E-state index < -0.39 is 16.4 Å². The predicted octanol–water partition coefficient (Wildman–Crippen LogP) is 0.409. The second-order valence-electron chi connectivity index (χ2n) is 3.81. The number of aliphatic hydroxyl groups excluding tert-OH is 1. The molecule has 0 bridgehead atoms. The van der Waals surface area contributed by atoms with E-state index in [4.69, 9.17) is 15.6 Å². The first-order chi connectivity index (χ1) is 9.50. The van der Waals surface area contributed by atoms with Crippen LogP contribution in [0.1, 0.15) is 5.56 Å². The molecular formula is C12H12N4O3S. The molecule has 1 aromatic carbocycles. The lowest BCUT2D eigenvalue weighted by atomic mass is 10.2. The highest BCUT2D eigenvalue weighted by atomic mass is 32.2. The summed E-state index contributed by atoms with van der Waals surface area (Å²) in [5.74, 6) is -0.427. The highest BCUT2D eigenvalue weighted by molar-refractivity contribution is 7.90. The van der Waals surface area contributed by atoms with Gasteiger partial charge >= 0.3 is 0 Å². The zero-order valence-electron chi connectivity index (χ0n) is 10.4. The summed E-state index contributed by atoms with van der Waals surface area (Å²) < 4.78 is 23.0. The summed E-state index contributed by atoms with van der Waals surface area (Å²) in [6, 6.07) is 9.55. The van der Waals surface area contributed by atoms with Crippen molar-refractivity contribution < 1.29 is 13.5 Å². The Hall–Kier alpha value is -2.42. The maximum Gasteiger partial charge on any atom is 0.237 e. The van der Waals surface area contributed by atoms with Gasteiger partial charge in [0.25, 0.3) is 0 Å². The maximum absolute atomic E-state index is 11.5. The number of anilines is 1. The molecule has 0 aliphatic carbocycles. The van der Waals surface area contributed by atoms with E-state index in [0.717, 1.165) is 0 Å². The van der Waals surface area contributed by atoms with Crippen molar-refractivity contribution in [1.29, 1.82) is 10.5 Å². The quantitative estimate of drug-likeness (QED) is 0.577. The van der Waals surface area contributed by atoms with Crippen molar-refractivity contribution in [1.82, 2.24) is 0 Å². The summed E-state index contributed by atoms with van der Waals surface area (Å²) in [4.78, 5) is 0. The molecule has 0 spiro atoms. The normalized spacial score (nSPS) is 10.2. The Bertz CT molecular complexity index is 650. The zero-order chi connectivity index (χ0) is 15.0. The van der Waals surface area contributed by atoms with Gasteiger partial charge in [0.2, 0.25) is 5.71 Å². The van der Waals surface area contributed by atoms with Crippen molar-refractivity contribution >= 4 is 21.2 Å². The van der Waals surface area contributed by atoms with E-state index in [1.165, 1.54) is 0 Å². The Morgan fingerprint density at radius 3 is 2.35 bits per heavy atom. The average Bonchev–Trinajstić information content (AvgIpc) is 2.41. The summed E-state index contributed by atoms with van der Waals surface area (Å²) in [7, 11) is -3.32. The molecule has 7 nitrogen and oxygen atoms in total. The molecule has 0 fully saturated rings. The number of hydrogen-bond acceptors (Lipinski definition) is 7. The summed E-state index contributed by atoms with van der Waals surface area (Å²) >= 11 is 0. The van der Waals surface area contributed by atoms with Crippen LogP contribution in [0.25, 0.3) is 0 Å². The molecule has 0 saturated carbocycles. The first-order valence-corrected chi connectivity index (χ1v) is 7.37. The van der Waals surface area contributed by atoms with Crippen LogP contribution in [0, 0.1) is 22.7 Å². The lowest BCUT2D eigenvalue weighted by Gasteiger charge is -2.04. The Morgan fingerprint density at radius 1 is 1.25 bits per heavy atom. The van der Waals surface area contributed by atoms with Gasteiger partial charge in [0.15, 0.2) is 9.84 Å². The van der Waals surface area contributed by atoms with Gasteiger partial charge < -0.3 is 5.11 Å². The summed E-state index contributed by atoms with van der Waals surface area (Å²) in [5.41, 5.74) is 3.31. The minimum absolute atomic E-state index is 0.154. The first-order valence-electron chi connectivity index (χ1n) is 5.55. The van der Waals surface area contributed by atoms with E-state index in [1.54, 1.807) is 36.4 Å². The van der Waals surface area contributed by atoms with Crippen LogP contribution in [-0.4, -0.2) is 31.6 Å². The van der Waals surface area contributed by atoms with E-state index in [0.29, 0.717) is 11.3 Å². The molecule has 1 rings (SSSR count). The van der Waals surface area contributed by atoms with Crippen LogP contribution in [-0.2, 0) is 15.6 Å². The van der Waals surface area contributed by atoms with Gasteiger partial charge in [-0.05, 0) is 17.7 Å². The van der Waals surface area contributed by atoms with E-state index >= 15 is 0 Å². The molecule has 0 saturated heterocycles. The fourth-order valence-corrected chi connectivity index (χ4v) is 2.46. The van der Waals surface area contributed by atoms with Gasteiger partial charge in [-0.1, -0.05) is 12.1 Å². The molecule has 0 unspecified atom stereocenters. The average molecular weight is 292 g/mol. The van der Waals surface area contributed by atoms with Crippen LogP contribution in [0.5, 0.6) is 0 Å². The molecule has 0 aliphatic rings. The summed E-state index contributed by atoms with van der Waals surface area (Å²) in [6.45, 7) is -0.401. The smallest absolute Gasteiger partial charge is 0.237 e. The van der Waals surface area contributed by atoms with Crippen LogP contribution >= 0.6 is 0 Å². The van der Waals surface area contributed by atoms with Gasteiger partial charge in [-0.15, -0.1) is 0 Å². The monoisotopic (exact) mass is 292 g/mol. The second-order valence-corrected chi connectivity index (χ2v) is 5.99. The van der Waals surface area contributed by atoms with Crippen molar-refractivity contribution in [2.24, 2.45) is 5.10 Å². The third-order valence-electron chi connectivity index (χ3n) is 2.25. The van der Waals surface area contributed by atoms with E-state index in [2.05, 4.69) is 10.5 Å². The predicted molar refractivity (Wildman–Crippen MR) is 73.3 cm³/mol. The largest absolute Gasteiger partial charge is 0.395 e. The molecule has 0 radical (unpaired) electrons. The summed E-state index contributed by atoms with van der Waals surface area (Å²) in [6.07, 6.45) is 0. The number of hydrogen-bond donors (Lipinski definition) is 2. The number of aliphatic hydroxyl groups is 1. The van der Waals surface area contributed by atoms with Crippen LogP contribution < -0.4 is 5.43 Å². The number of nitriles is 2. The molecule has 0 amide bonds. The molecule has 104 valence electrons. The molecular weight excluding hydrogens is 280 g/mol. The number of benzene rings is 1. The Morgan fingerprint density at radius 2 is 1.85 bits per heavy atom. The number of sulfone groups is 1. The van der Waals surface area contributed by atoms with E-state index in [9.17, 15) is 8.42 Å². The third kappa shape index (κ3) is 5.06.